The average molecular weight is 1360 g/mol. The summed E-state index contributed by atoms with van der Waals surface area (Å²) in [5.74, 6) is -5.36. The number of nitrogens with one attached hydrogen (secondary N) is 5. The number of hydrogen-bond acceptors (Lipinski definition) is 23. The van der Waals surface area contributed by atoms with E-state index in [2.05, 4.69) is 26.6 Å². The first-order chi connectivity index (χ1) is 44.2. The van der Waals surface area contributed by atoms with Crippen LogP contribution in [-0.4, -0.2) is 125 Å². The summed E-state index contributed by atoms with van der Waals surface area (Å²) in [4.78, 5) is 144. The van der Waals surface area contributed by atoms with Crippen LogP contribution in [0.25, 0.3) is 43.4 Å². The van der Waals surface area contributed by atoms with Crippen LogP contribution >= 0.6 is 68.0 Å². The highest BCUT2D eigenvalue weighted by Crippen LogP contribution is 2.41. The minimum atomic E-state index is -1.30. The molecule has 1 aliphatic carbocycles. The number of thiazole rings is 6. The molecular weight excluding hydrogens is 1300 g/mol. The van der Waals surface area contributed by atoms with Gasteiger partial charge in [0.25, 0.3) is 17.7 Å². The van der Waals surface area contributed by atoms with Gasteiger partial charge in [-0.2, -0.15) is 0 Å². The van der Waals surface area contributed by atoms with Crippen molar-refractivity contribution in [3.63, 3.8) is 0 Å². The molecule has 8 N–H and O–H groups in total. The highest BCUT2D eigenvalue weighted by molar-refractivity contribution is 7.15. The second-order valence-corrected chi connectivity index (χ2v) is 28.1. The number of benzene rings is 1. The summed E-state index contributed by atoms with van der Waals surface area (Å²) in [6.45, 7) is 5.11. The summed E-state index contributed by atoms with van der Waals surface area (Å²) < 4.78 is 5.46. The number of pyridine rings is 1. The van der Waals surface area contributed by atoms with E-state index in [1.54, 1.807) is 75.8 Å². The number of carbonyl (C=O) groups excluding carboxylic acids is 6. The number of carboxylic acids is 2. The van der Waals surface area contributed by atoms with Gasteiger partial charge in [-0.3, -0.25) is 43.3 Å². The van der Waals surface area contributed by atoms with Gasteiger partial charge < -0.3 is 46.6 Å². The summed E-state index contributed by atoms with van der Waals surface area (Å²) in [5.41, 5.74) is 2.50. The van der Waals surface area contributed by atoms with Gasteiger partial charge in [0.2, 0.25) is 17.7 Å². The number of carbonyl (C=O) groups is 8. The van der Waals surface area contributed by atoms with Crippen LogP contribution in [0.2, 0.25) is 0 Å². The second-order valence-electron chi connectivity index (χ2n) is 22.3. The number of carboxylic acid groups (broad SMARTS) is 2. The Morgan fingerprint density at radius 1 is 0.685 bits per heavy atom. The Labute approximate surface area is 551 Å². The minimum absolute atomic E-state index is 0.00201. The number of aliphatic carboxylic acids is 2. The predicted molar refractivity (Wildman–Crippen MR) is 348 cm³/mol. The van der Waals surface area contributed by atoms with E-state index in [9.17, 15) is 53.7 Å². The zero-order valence-electron chi connectivity index (χ0n) is 50.4. The molecular formula is C61H65N13O12S6. The monoisotopic (exact) mass is 1360 g/mol. The number of unbranched alkanes of at least 4 members (excludes halogenated alkanes) is 1. The van der Waals surface area contributed by atoms with Gasteiger partial charge in [-0.05, 0) is 75.0 Å². The predicted octanol–water partition coefficient (Wildman–Crippen LogP) is 9.18. The van der Waals surface area contributed by atoms with Gasteiger partial charge in [0.05, 0.1) is 48.1 Å². The number of nitrogens with zero attached hydrogens (tertiary/aromatic N) is 8. The third-order valence-corrected chi connectivity index (χ3v) is 21.2. The van der Waals surface area contributed by atoms with E-state index >= 15 is 0 Å². The molecule has 1 unspecified atom stereocenters. The van der Waals surface area contributed by atoms with Crippen LogP contribution in [0.15, 0.2) is 64.0 Å². The molecule has 0 spiro atoms. The lowest BCUT2D eigenvalue weighted by Crippen LogP contribution is -2.40. The molecule has 8 heterocycles. The molecule has 25 nitrogen and oxygen atoms in total. The number of aliphatic hydroxyl groups is 1. The summed E-state index contributed by atoms with van der Waals surface area (Å²) in [7, 11) is 2.93. The van der Waals surface area contributed by atoms with Crippen LogP contribution < -0.4 is 31.5 Å². The number of rotatable bonds is 17. The fourth-order valence-electron chi connectivity index (χ4n) is 10.6. The number of aliphatic hydroxyl groups excluding tert-OH is 1. The van der Waals surface area contributed by atoms with Crippen molar-refractivity contribution in [1.82, 2.24) is 61.5 Å². The number of methoxy groups -OCH3 is 1. The van der Waals surface area contributed by atoms with Gasteiger partial charge in [-0.1, -0.05) is 44.2 Å². The fraction of sp³-hybridized carbons (Fsp3) is 0.393. The molecule has 6 amide bonds. The fourth-order valence-corrected chi connectivity index (χ4v) is 16.1. The SMILES string of the molecule is CNC(=O)C[C@@H]1NC(=O)c2csc(n2)-c2ccc(-c3nc(N(CCCCC(=O)O)C(=O)CC4CCC(C(=O)O)CC4)cs3)nc2-c2csc(n2)-c2csc(n2)[C@H]([C@@H](O)c2ccccc2)NC(=O)CNC(=O)c2nc(sc2COC)C(C(C)C)NC(=O)c2nc1sc2C. The van der Waals surface area contributed by atoms with Crippen molar-refractivity contribution in [1.29, 1.82) is 0 Å². The molecule has 7 aromatic heterocycles. The zero-order chi connectivity index (χ0) is 65.3. The van der Waals surface area contributed by atoms with E-state index < -0.39 is 78.2 Å². The first-order valence-electron chi connectivity index (χ1n) is 29.4. The molecule has 0 radical (unpaired) electrons. The lowest BCUT2D eigenvalue weighted by molar-refractivity contribution is -0.143. The van der Waals surface area contributed by atoms with Crippen LogP contribution in [0.5, 0.6) is 0 Å². The third kappa shape index (κ3) is 15.8. The maximum Gasteiger partial charge on any atom is 0.306 e. The Balaban J connectivity index is 1.03. The number of amides is 6. The maximum atomic E-state index is 14.4. The Hall–Kier alpha value is -8.17. The lowest BCUT2D eigenvalue weighted by atomic mass is 9.80. The van der Waals surface area contributed by atoms with Gasteiger partial charge in [-0.25, -0.2) is 34.9 Å². The van der Waals surface area contributed by atoms with E-state index in [1.165, 1.54) is 48.2 Å². The Kier molecular flexibility index (Phi) is 21.8. The molecule has 8 aromatic rings. The summed E-state index contributed by atoms with van der Waals surface area (Å²) in [6.07, 6.45) is 1.38. The smallest absolute Gasteiger partial charge is 0.306 e. The third-order valence-electron chi connectivity index (χ3n) is 15.5. The molecule has 31 heteroatoms. The zero-order valence-corrected chi connectivity index (χ0v) is 55.3. The topological polar surface area (TPSA) is 360 Å². The molecule has 1 saturated carbocycles. The molecule has 482 valence electrons. The van der Waals surface area contributed by atoms with E-state index in [1.807, 2.05) is 13.8 Å². The molecule has 10 rings (SSSR count). The van der Waals surface area contributed by atoms with E-state index in [4.69, 9.17) is 39.6 Å². The molecule has 1 fully saturated rings. The van der Waals surface area contributed by atoms with Crippen molar-refractivity contribution in [3.05, 3.63) is 111 Å². The maximum absolute atomic E-state index is 14.4. The molecule has 10 bridgehead atoms. The van der Waals surface area contributed by atoms with Crippen LogP contribution in [0, 0.1) is 24.7 Å². The molecule has 1 aliphatic heterocycles. The first-order valence-corrected chi connectivity index (χ1v) is 34.6. The van der Waals surface area contributed by atoms with E-state index in [0.29, 0.717) is 113 Å². The van der Waals surface area contributed by atoms with Crippen LogP contribution in [0.1, 0.15) is 158 Å². The molecule has 0 saturated heterocycles. The van der Waals surface area contributed by atoms with Crippen LogP contribution in [0.3, 0.4) is 0 Å². The van der Waals surface area contributed by atoms with Crippen LogP contribution in [0.4, 0.5) is 5.82 Å². The van der Waals surface area contributed by atoms with Crippen molar-refractivity contribution in [2.75, 3.05) is 32.1 Å². The quantitative estimate of drug-likeness (QED) is 0.0394. The largest absolute Gasteiger partial charge is 0.481 e. The van der Waals surface area contributed by atoms with Crippen molar-refractivity contribution < 1.29 is 58.4 Å². The first kappa shape index (κ1) is 66.7. The second kappa shape index (κ2) is 30.1. The molecule has 2 aliphatic rings. The Bertz CT molecular complexity index is 4020. The van der Waals surface area contributed by atoms with Gasteiger partial charge in [-0.15, -0.1) is 68.0 Å². The number of aryl methyl sites for hydroxylation is 1. The number of fused-ring (bicyclic) bond motifs is 14. The minimum Gasteiger partial charge on any atom is -0.481 e. The van der Waals surface area contributed by atoms with E-state index in [0.717, 1.165) is 34.0 Å². The number of aromatic nitrogens is 7. The van der Waals surface area contributed by atoms with Crippen LogP contribution in [-0.2, 0) is 35.3 Å². The van der Waals surface area contributed by atoms with Crippen molar-refractivity contribution in [2.45, 2.75) is 109 Å². The van der Waals surface area contributed by atoms with Gasteiger partial charge in [0.1, 0.15) is 82.2 Å². The normalized spacial score (nSPS) is 18.4. The van der Waals surface area contributed by atoms with Crippen molar-refractivity contribution >= 4 is 121 Å². The van der Waals surface area contributed by atoms with Crippen molar-refractivity contribution in [2.24, 2.45) is 17.8 Å². The Morgan fingerprint density at radius 2 is 1.39 bits per heavy atom. The molecule has 1 aromatic carbocycles. The number of hydrogen-bond donors (Lipinski definition) is 8. The standard InChI is InChI=1S/C61H65N13O12S6/c1-29(2)46-60-73-49(40(92-60)24-86-5)53(82)63-23-43(76)70-50(51(80)32-11-7-6-8-12-32)59-68-39(27-89-59)57-66-37(25-88-57)48-34(55-67-38(26-87-55)52(81)65-36(22-42(75)62-4)58-72-47(30(3)91-58)54(83)71-46)18-19-35(64-48)56-69-41(28-90-56)74(20-10-9-13-45(78)79)44(77)21-31-14-16-33(17-15-31)61(84)85/h6-8,11-12,18-19,25-29,31,33,36,46,50-51,80H,9-10,13-17,20-24H2,1-5H3,(H,62,75)(H,63,82)(H,65,81)(H,70,76)(H,71,83)(H,78,79)(H,84,85)/t31?,33?,36-,46?,50-,51-/m0/s1. The highest BCUT2D eigenvalue weighted by Gasteiger charge is 2.34. The van der Waals surface area contributed by atoms with Gasteiger partial charge in [0.15, 0.2) is 0 Å². The molecule has 92 heavy (non-hydrogen) atoms. The lowest BCUT2D eigenvalue weighted by Gasteiger charge is -2.28. The van der Waals surface area contributed by atoms with Gasteiger partial charge in [0, 0.05) is 65.5 Å². The van der Waals surface area contributed by atoms with Crippen molar-refractivity contribution in [3.8, 4) is 43.4 Å². The molecule has 4 atom stereocenters. The summed E-state index contributed by atoms with van der Waals surface area (Å²) in [5, 5.41) is 54.1. The van der Waals surface area contributed by atoms with E-state index in [-0.39, 0.29) is 72.2 Å². The average Bonchev–Trinajstić information content (AvgIpc) is 1.62. The summed E-state index contributed by atoms with van der Waals surface area (Å²) in [6, 6.07) is 9.38. The van der Waals surface area contributed by atoms with Gasteiger partial charge >= 0.3 is 11.9 Å². The Morgan fingerprint density at radius 3 is 2.12 bits per heavy atom. The highest BCUT2D eigenvalue weighted by atomic mass is 32.1. The number of ether oxygens (including phenoxy) is 1. The number of anilines is 1. The summed E-state index contributed by atoms with van der Waals surface area (Å²) >= 11 is 7.11.